The number of likely N-dealkylation sites (tertiary alicyclic amines) is 2. The molecule has 2 fully saturated rings. The summed E-state index contributed by atoms with van der Waals surface area (Å²) in [5, 5.41) is 7.39. The van der Waals surface area contributed by atoms with Gasteiger partial charge in [0.15, 0.2) is 0 Å². The lowest BCUT2D eigenvalue weighted by Crippen LogP contribution is -2.50. The molecular formula is C20H35N5O2. The Morgan fingerprint density at radius 2 is 2.11 bits per heavy atom. The van der Waals surface area contributed by atoms with Gasteiger partial charge >= 0.3 is 0 Å². The Labute approximate surface area is 163 Å². The van der Waals surface area contributed by atoms with Crippen molar-refractivity contribution in [2.45, 2.75) is 51.7 Å². The van der Waals surface area contributed by atoms with Crippen molar-refractivity contribution in [3.63, 3.8) is 0 Å². The van der Waals surface area contributed by atoms with Crippen LogP contribution in [0.3, 0.4) is 0 Å². The van der Waals surface area contributed by atoms with Crippen molar-refractivity contribution in [3.8, 4) is 0 Å². The Hall–Kier alpha value is -1.44. The van der Waals surface area contributed by atoms with Gasteiger partial charge in [-0.3, -0.25) is 19.3 Å². The van der Waals surface area contributed by atoms with E-state index in [9.17, 15) is 4.79 Å². The second-order valence-corrected chi connectivity index (χ2v) is 7.83. The van der Waals surface area contributed by atoms with E-state index in [0.29, 0.717) is 19.2 Å². The van der Waals surface area contributed by atoms with Crippen LogP contribution in [0, 0.1) is 5.92 Å². The normalized spacial score (nSPS) is 22.8. The minimum atomic E-state index is 0.133. The number of piperidine rings is 2. The van der Waals surface area contributed by atoms with Gasteiger partial charge in [-0.15, -0.1) is 0 Å². The van der Waals surface area contributed by atoms with E-state index in [4.69, 9.17) is 4.74 Å². The zero-order chi connectivity index (χ0) is 19.1. The molecule has 1 aromatic heterocycles. The number of amides is 1. The largest absolute Gasteiger partial charge is 0.383 e. The van der Waals surface area contributed by atoms with Gasteiger partial charge in [-0.05, 0) is 52.2 Å². The lowest BCUT2D eigenvalue weighted by molar-refractivity contribution is -0.127. The van der Waals surface area contributed by atoms with Crippen LogP contribution in [0.25, 0.3) is 0 Å². The Kier molecular flexibility index (Phi) is 7.67. The number of ether oxygens (including phenoxy) is 1. The van der Waals surface area contributed by atoms with Gasteiger partial charge in [0.25, 0.3) is 0 Å². The van der Waals surface area contributed by atoms with Crippen LogP contribution >= 0.6 is 0 Å². The quantitative estimate of drug-likeness (QED) is 0.693. The van der Waals surface area contributed by atoms with E-state index in [1.807, 2.05) is 10.9 Å². The average molecular weight is 378 g/mol. The predicted octanol–water partition coefficient (Wildman–Crippen LogP) is 1.34. The van der Waals surface area contributed by atoms with Crippen LogP contribution in [0.4, 0.5) is 0 Å². The molecule has 7 heteroatoms. The summed E-state index contributed by atoms with van der Waals surface area (Å²) in [6.07, 6.45) is 8.67. The maximum absolute atomic E-state index is 12.4. The van der Waals surface area contributed by atoms with Crippen LogP contribution in [0.1, 0.15) is 38.2 Å². The molecule has 1 unspecified atom stereocenters. The van der Waals surface area contributed by atoms with E-state index < -0.39 is 0 Å². The predicted molar refractivity (Wildman–Crippen MR) is 105 cm³/mol. The molecule has 0 aromatic carbocycles. The SMILES string of the molecule is CCn1cc(CN2CCC(N3CCCC(C(=O)NCCOC)C3)CC2)cn1. The second-order valence-electron chi connectivity index (χ2n) is 7.83. The first kappa shape index (κ1) is 20.3. The minimum absolute atomic E-state index is 0.133. The van der Waals surface area contributed by atoms with Crippen molar-refractivity contribution in [3.05, 3.63) is 18.0 Å². The molecule has 2 saturated heterocycles. The molecule has 0 bridgehead atoms. The van der Waals surface area contributed by atoms with Crippen molar-refractivity contribution >= 4 is 5.91 Å². The third kappa shape index (κ3) is 5.77. The van der Waals surface area contributed by atoms with Crippen molar-refractivity contribution in [2.75, 3.05) is 46.4 Å². The zero-order valence-electron chi connectivity index (χ0n) is 16.9. The molecule has 1 amide bonds. The highest BCUT2D eigenvalue weighted by Gasteiger charge is 2.31. The number of aryl methyl sites for hydroxylation is 1. The molecule has 27 heavy (non-hydrogen) atoms. The average Bonchev–Trinajstić information content (AvgIpc) is 3.16. The summed E-state index contributed by atoms with van der Waals surface area (Å²) < 4.78 is 7.01. The molecule has 0 aliphatic carbocycles. The first-order valence-electron chi connectivity index (χ1n) is 10.4. The van der Waals surface area contributed by atoms with Gasteiger partial charge in [0.1, 0.15) is 0 Å². The first-order valence-corrected chi connectivity index (χ1v) is 10.4. The molecule has 1 N–H and O–H groups in total. The molecule has 3 rings (SSSR count). The number of nitrogens with zero attached hydrogens (tertiary/aromatic N) is 4. The Balaban J connectivity index is 1.42. The lowest BCUT2D eigenvalue weighted by atomic mass is 9.93. The Bertz CT molecular complexity index is 583. The van der Waals surface area contributed by atoms with Gasteiger partial charge in [-0.1, -0.05) is 0 Å². The maximum Gasteiger partial charge on any atom is 0.224 e. The Morgan fingerprint density at radius 3 is 2.81 bits per heavy atom. The third-order valence-electron chi connectivity index (χ3n) is 5.92. The van der Waals surface area contributed by atoms with Crippen molar-refractivity contribution in [1.29, 1.82) is 0 Å². The molecule has 7 nitrogen and oxygen atoms in total. The topological polar surface area (TPSA) is 62.6 Å². The summed E-state index contributed by atoms with van der Waals surface area (Å²) in [4.78, 5) is 17.5. The number of hydrogen-bond donors (Lipinski definition) is 1. The molecule has 0 saturated carbocycles. The second kappa shape index (κ2) is 10.2. The zero-order valence-corrected chi connectivity index (χ0v) is 16.9. The van der Waals surface area contributed by atoms with Gasteiger partial charge in [0, 0.05) is 51.1 Å². The fourth-order valence-electron chi connectivity index (χ4n) is 4.33. The van der Waals surface area contributed by atoms with Gasteiger partial charge < -0.3 is 10.1 Å². The van der Waals surface area contributed by atoms with E-state index in [1.54, 1.807) is 7.11 Å². The molecule has 152 valence electrons. The molecule has 0 spiro atoms. The highest BCUT2D eigenvalue weighted by molar-refractivity contribution is 5.78. The smallest absolute Gasteiger partial charge is 0.224 e. The number of hydrogen-bond acceptors (Lipinski definition) is 5. The third-order valence-corrected chi connectivity index (χ3v) is 5.92. The highest BCUT2D eigenvalue weighted by atomic mass is 16.5. The first-order chi connectivity index (χ1) is 13.2. The molecule has 2 aliphatic rings. The van der Waals surface area contributed by atoms with E-state index in [-0.39, 0.29) is 11.8 Å². The maximum atomic E-state index is 12.4. The monoisotopic (exact) mass is 377 g/mol. The fourth-order valence-corrected chi connectivity index (χ4v) is 4.33. The highest BCUT2D eigenvalue weighted by Crippen LogP contribution is 2.24. The lowest BCUT2D eigenvalue weighted by Gasteiger charge is -2.42. The summed E-state index contributed by atoms with van der Waals surface area (Å²) in [6, 6.07) is 0.620. The standard InChI is InChI=1S/C20H35N5O2/c1-3-25-15-17(13-22-25)14-23-10-6-19(7-11-23)24-9-4-5-18(16-24)20(26)21-8-12-27-2/h13,15,18-19H,3-12,14,16H2,1-2H3,(H,21,26). The summed E-state index contributed by atoms with van der Waals surface area (Å²) in [5.74, 6) is 0.329. The van der Waals surface area contributed by atoms with Crippen LogP contribution in [0.2, 0.25) is 0 Å². The minimum Gasteiger partial charge on any atom is -0.383 e. The van der Waals surface area contributed by atoms with Gasteiger partial charge in [0.05, 0.1) is 18.7 Å². The summed E-state index contributed by atoms with van der Waals surface area (Å²) in [5.41, 5.74) is 1.31. The van der Waals surface area contributed by atoms with Crippen LogP contribution in [0.5, 0.6) is 0 Å². The number of carbonyl (C=O) groups excluding carboxylic acids is 1. The molecule has 1 atom stereocenters. The van der Waals surface area contributed by atoms with E-state index in [0.717, 1.165) is 52.1 Å². The number of rotatable bonds is 8. The number of methoxy groups -OCH3 is 1. The number of nitrogens with one attached hydrogen (secondary N) is 1. The van der Waals surface area contributed by atoms with Crippen molar-refractivity contribution in [2.24, 2.45) is 5.92 Å². The van der Waals surface area contributed by atoms with Gasteiger partial charge in [0.2, 0.25) is 5.91 Å². The summed E-state index contributed by atoms with van der Waals surface area (Å²) >= 11 is 0. The molecule has 3 heterocycles. The van der Waals surface area contributed by atoms with Crippen molar-refractivity contribution < 1.29 is 9.53 Å². The van der Waals surface area contributed by atoms with Crippen LogP contribution in [0.15, 0.2) is 12.4 Å². The molecule has 1 aromatic rings. The molecular weight excluding hydrogens is 342 g/mol. The van der Waals surface area contributed by atoms with E-state index in [1.165, 1.54) is 18.4 Å². The van der Waals surface area contributed by atoms with Crippen LogP contribution < -0.4 is 5.32 Å². The number of carbonyl (C=O) groups is 1. The molecule has 2 aliphatic heterocycles. The van der Waals surface area contributed by atoms with E-state index in [2.05, 4.69) is 33.3 Å². The van der Waals surface area contributed by atoms with Gasteiger partial charge in [-0.2, -0.15) is 5.10 Å². The number of aromatic nitrogens is 2. The summed E-state index contributed by atoms with van der Waals surface area (Å²) in [7, 11) is 1.66. The van der Waals surface area contributed by atoms with Crippen molar-refractivity contribution in [1.82, 2.24) is 24.9 Å². The summed E-state index contributed by atoms with van der Waals surface area (Å²) in [6.45, 7) is 9.53. The van der Waals surface area contributed by atoms with Gasteiger partial charge in [-0.25, -0.2) is 0 Å². The molecule has 0 radical (unpaired) electrons. The van der Waals surface area contributed by atoms with Crippen LogP contribution in [-0.4, -0.2) is 78.0 Å². The van der Waals surface area contributed by atoms with E-state index >= 15 is 0 Å². The Morgan fingerprint density at radius 1 is 1.30 bits per heavy atom. The fraction of sp³-hybridized carbons (Fsp3) is 0.800. The van der Waals surface area contributed by atoms with Crippen LogP contribution in [-0.2, 0) is 22.6 Å².